The van der Waals surface area contributed by atoms with E-state index in [4.69, 9.17) is 10.5 Å². The summed E-state index contributed by atoms with van der Waals surface area (Å²) in [5, 5.41) is 0. The predicted octanol–water partition coefficient (Wildman–Crippen LogP) is 3.31. The number of benzene rings is 1. The molecular formula is C17H25N3O. The lowest BCUT2D eigenvalue weighted by Gasteiger charge is -2.40. The Kier molecular flexibility index (Phi) is 4.04. The summed E-state index contributed by atoms with van der Waals surface area (Å²) in [7, 11) is 1.70. The zero-order chi connectivity index (χ0) is 14.7. The topological polar surface area (TPSA) is 50.9 Å². The van der Waals surface area contributed by atoms with Gasteiger partial charge in [0.2, 0.25) is 0 Å². The van der Waals surface area contributed by atoms with Crippen molar-refractivity contribution in [1.82, 2.24) is 0 Å². The Morgan fingerprint density at radius 1 is 1.14 bits per heavy atom. The van der Waals surface area contributed by atoms with Crippen molar-refractivity contribution in [1.29, 1.82) is 0 Å². The second-order valence-electron chi connectivity index (χ2n) is 6.20. The number of ether oxygens (including phenoxy) is 1. The van der Waals surface area contributed by atoms with Crippen LogP contribution < -0.4 is 15.4 Å². The first-order chi connectivity index (χ1) is 10.2. The third-order valence-electron chi connectivity index (χ3n) is 4.83. The smallest absolute Gasteiger partial charge is 0.196 e. The lowest BCUT2D eigenvalue weighted by molar-refractivity contribution is 0.337. The first-order valence-corrected chi connectivity index (χ1v) is 7.99. The maximum Gasteiger partial charge on any atom is 0.196 e. The standard InChI is InChI=1S/C17H25N3O/c1-21-15-9-7-8-14(12-15)20-16(18)19-13-17(20)10-5-3-2-4-6-11-17/h7-9,12H,2-6,10-11,13H2,1H3,(H2,18,19). The molecule has 0 bridgehead atoms. The van der Waals surface area contributed by atoms with E-state index < -0.39 is 0 Å². The molecule has 114 valence electrons. The fourth-order valence-electron chi connectivity index (χ4n) is 3.71. The fourth-order valence-corrected chi connectivity index (χ4v) is 3.71. The van der Waals surface area contributed by atoms with Gasteiger partial charge in [0.05, 0.1) is 19.2 Å². The summed E-state index contributed by atoms with van der Waals surface area (Å²) in [4.78, 5) is 6.84. The molecule has 1 aromatic rings. The van der Waals surface area contributed by atoms with Gasteiger partial charge in [-0.15, -0.1) is 0 Å². The van der Waals surface area contributed by atoms with Gasteiger partial charge in [-0.05, 0) is 25.0 Å². The highest BCUT2D eigenvalue weighted by Crippen LogP contribution is 2.39. The van der Waals surface area contributed by atoms with Gasteiger partial charge in [0.15, 0.2) is 5.96 Å². The molecule has 0 radical (unpaired) electrons. The highest BCUT2D eigenvalue weighted by atomic mass is 16.5. The van der Waals surface area contributed by atoms with Gasteiger partial charge in [-0.25, -0.2) is 0 Å². The molecule has 1 fully saturated rings. The lowest BCUT2D eigenvalue weighted by Crippen LogP contribution is -2.52. The SMILES string of the molecule is COc1cccc(N2C(N)=NCC23CCCCCCC3)c1. The zero-order valence-corrected chi connectivity index (χ0v) is 12.8. The van der Waals surface area contributed by atoms with Crippen molar-refractivity contribution in [2.24, 2.45) is 10.7 Å². The molecule has 1 heterocycles. The van der Waals surface area contributed by atoms with Crippen molar-refractivity contribution < 1.29 is 4.74 Å². The Labute approximate surface area is 127 Å². The van der Waals surface area contributed by atoms with Crippen LogP contribution >= 0.6 is 0 Å². The maximum absolute atomic E-state index is 6.23. The molecule has 4 heteroatoms. The second-order valence-corrected chi connectivity index (χ2v) is 6.20. The zero-order valence-electron chi connectivity index (χ0n) is 12.8. The minimum Gasteiger partial charge on any atom is -0.497 e. The van der Waals surface area contributed by atoms with E-state index in [9.17, 15) is 0 Å². The number of nitrogens with two attached hydrogens (primary N) is 1. The van der Waals surface area contributed by atoms with E-state index in [-0.39, 0.29) is 5.54 Å². The molecule has 1 saturated carbocycles. The Balaban J connectivity index is 1.93. The third-order valence-corrected chi connectivity index (χ3v) is 4.83. The number of hydrogen-bond donors (Lipinski definition) is 1. The van der Waals surface area contributed by atoms with Crippen LogP contribution in [0.15, 0.2) is 29.3 Å². The number of guanidine groups is 1. The van der Waals surface area contributed by atoms with E-state index in [0.717, 1.165) is 18.0 Å². The van der Waals surface area contributed by atoms with Crippen LogP contribution in [0.4, 0.5) is 5.69 Å². The van der Waals surface area contributed by atoms with Crippen LogP contribution in [0.3, 0.4) is 0 Å². The van der Waals surface area contributed by atoms with Gasteiger partial charge < -0.3 is 15.4 Å². The molecular weight excluding hydrogens is 262 g/mol. The van der Waals surface area contributed by atoms with Crippen LogP contribution in [0.25, 0.3) is 0 Å². The predicted molar refractivity (Wildman–Crippen MR) is 87.0 cm³/mol. The Morgan fingerprint density at radius 2 is 1.86 bits per heavy atom. The number of nitrogens with zero attached hydrogens (tertiary/aromatic N) is 2. The summed E-state index contributed by atoms with van der Waals surface area (Å²) in [5.74, 6) is 1.53. The van der Waals surface area contributed by atoms with Crippen LogP contribution in [0.5, 0.6) is 5.75 Å². The summed E-state index contributed by atoms with van der Waals surface area (Å²) in [6.45, 7) is 0.829. The molecule has 2 aliphatic rings. The molecule has 0 atom stereocenters. The van der Waals surface area contributed by atoms with Crippen molar-refractivity contribution in [3.63, 3.8) is 0 Å². The average molecular weight is 287 g/mol. The number of hydrogen-bond acceptors (Lipinski definition) is 4. The van der Waals surface area contributed by atoms with Crippen molar-refractivity contribution >= 4 is 11.6 Å². The quantitative estimate of drug-likeness (QED) is 0.908. The molecule has 4 nitrogen and oxygen atoms in total. The van der Waals surface area contributed by atoms with E-state index >= 15 is 0 Å². The summed E-state index contributed by atoms with van der Waals surface area (Å²) >= 11 is 0. The van der Waals surface area contributed by atoms with E-state index in [1.165, 1.54) is 44.9 Å². The first kappa shape index (κ1) is 14.2. The van der Waals surface area contributed by atoms with Crippen molar-refractivity contribution in [2.45, 2.75) is 50.5 Å². The highest BCUT2D eigenvalue weighted by Gasteiger charge is 2.42. The van der Waals surface area contributed by atoms with Crippen molar-refractivity contribution in [3.05, 3.63) is 24.3 Å². The van der Waals surface area contributed by atoms with Crippen LogP contribution in [-0.2, 0) is 0 Å². The minimum absolute atomic E-state index is 0.0802. The normalized spacial score (nSPS) is 21.8. The largest absolute Gasteiger partial charge is 0.497 e. The van der Waals surface area contributed by atoms with Gasteiger partial charge in [-0.1, -0.05) is 38.2 Å². The Hall–Kier alpha value is -1.71. The molecule has 0 unspecified atom stereocenters. The van der Waals surface area contributed by atoms with Gasteiger partial charge in [-0.3, -0.25) is 4.99 Å². The lowest BCUT2D eigenvalue weighted by atomic mass is 9.83. The average Bonchev–Trinajstić information content (AvgIpc) is 2.81. The number of rotatable bonds is 2. The van der Waals surface area contributed by atoms with Crippen LogP contribution in [0.2, 0.25) is 0 Å². The summed E-state index contributed by atoms with van der Waals surface area (Å²) < 4.78 is 5.36. The van der Waals surface area contributed by atoms with E-state index in [1.807, 2.05) is 12.1 Å². The monoisotopic (exact) mass is 287 g/mol. The van der Waals surface area contributed by atoms with Crippen LogP contribution in [0.1, 0.15) is 44.9 Å². The molecule has 1 aliphatic heterocycles. The van der Waals surface area contributed by atoms with Gasteiger partial charge in [0.1, 0.15) is 5.75 Å². The molecule has 1 spiro atoms. The molecule has 0 amide bonds. The molecule has 1 aliphatic carbocycles. The van der Waals surface area contributed by atoms with E-state index in [1.54, 1.807) is 7.11 Å². The van der Waals surface area contributed by atoms with Crippen LogP contribution in [0, 0.1) is 0 Å². The number of aliphatic imine (C=N–C) groups is 1. The van der Waals surface area contributed by atoms with Gasteiger partial charge in [0.25, 0.3) is 0 Å². The van der Waals surface area contributed by atoms with Crippen molar-refractivity contribution in [3.8, 4) is 5.75 Å². The number of methoxy groups -OCH3 is 1. The molecule has 1 aromatic carbocycles. The second kappa shape index (κ2) is 5.96. The summed E-state index contributed by atoms with van der Waals surface area (Å²) in [6.07, 6.45) is 8.90. The minimum atomic E-state index is 0.0802. The van der Waals surface area contributed by atoms with Crippen molar-refractivity contribution in [2.75, 3.05) is 18.6 Å². The third kappa shape index (κ3) is 2.71. The summed E-state index contributed by atoms with van der Waals surface area (Å²) in [6, 6.07) is 8.17. The van der Waals surface area contributed by atoms with Gasteiger partial charge >= 0.3 is 0 Å². The summed E-state index contributed by atoms with van der Waals surface area (Å²) in [5.41, 5.74) is 7.42. The molecule has 2 N–H and O–H groups in total. The highest BCUT2D eigenvalue weighted by molar-refractivity contribution is 5.98. The fraction of sp³-hybridized carbons (Fsp3) is 0.588. The Bertz CT molecular complexity index is 519. The first-order valence-electron chi connectivity index (χ1n) is 7.99. The molecule has 21 heavy (non-hydrogen) atoms. The molecule has 3 rings (SSSR count). The van der Waals surface area contributed by atoms with E-state index in [2.05, 4.69) is 22.0 Å². The Morgan fingerprint density at radius 3 is 2.57 bits per heavy atom. The maximum atomic E-state index is 6.23. The van der Waals surface area contributed by atoms with Crippen LogP contribution in [-0.4, -0.2) is 25.2 Å². The van der Waals surface area contributed by atoms with Gasteiger partial charge in [-0.2, -0.15) is 0 Å². The van der Waals surface area contributed by atoms with E-state index in [0.29, 0.717) is 5.96 Å². The molecule has 0 aromatic heterocycles. The number of anilines is 1. The van der Waals surface area contributed by atoms with Gasteiger partial charge in [0, 0.05) is 11.8 Å². The molecule has 0 saturated heterocycles.